The standard InChI is InChI=1S/C21H19F2NO3/c1-26-19-13-14(9-10-18(19)27-21(22)23)11-12-24-20(25)17-8-4-6-15-5-2-3-7-16(15)17/h2-10,13,21H,11-12H2,1H3,(H,24,25). The van der Waals surface area contributed by atoms with E-state index < -0.39 is 6.61 Å². The zero-order valence-electron chi connectivity index (χ0n) is 14.7. The van der Waals surface area contributed by atoms with Gasteiger partial charge in [0.05, 0.1) is 7.11 Å². The fourth-order valence-electron chi connectivity index (χ4n) is 2.90. The third-order valence-electron chi connectivity index (χ3n) is 4.18. The van der Waals surface area contributed by atoms with Crippen molar-refractivity contribution in [3.8, 4) is 11.5 Å². The van der Waals surface area contributed by atoms with Crippen LogP contribution in [0.1, 0.15) is 15.9 Å². The number of hydrogen-bond donors (Lipinski definition) is 1. The third kappa shape index (κ3) is 4.53. The molecule has 0 heterocycles. The maximum atomic E-state index is 12.5. The van der Waals surface area contributed by atoms with Crippen molar-refractivity contribution in [2.75, 3.05) is 13.7 Å². The topological polar surface area (TPSA) is 47.6 Å². The summed E-state index contributed by atoms with van der Waals surface area (Å²) in [7, 11) is 1.39. The zero-order chi connectivity index (χ0) is 19.2. The minimum absolute atomic E-state index is 0.0176. The van der Waals surface area contributed by atoms with Crippen molar-refractivity contribution >= 4 is 16.7 Å². The molecule has 27 heavy (non-hydrogen) atoms. The van der Waals surface area contributed by atoms with Gasteiger partial charge in [0.15, 0.2) is 11.5 Å². The van der Waals surface area contributed by atoms with E-state index in [1.807, 2.05) is 36.4 Å². The molecule has 1 amide bonds. The van der Waals surface area contributed by atoms with E-state index in [-0.39, 0.29) is 17.4 Å². The number of alkyl halides is 2. The summed E-state index contributed by atoms with van der Waals surface area (Å²) in [5.74, 6) is 0.0561. The number of hydrogen-bond acceptors (Lipinski definition) is 3. The third-order valence-corrected chi connectivity index (χ3v) is 4.18. The van der Waals surface area contributed by atoms with E-state index >= 15 is 0 Å². The van der Waals surface area contributed by atoms with Crippen LogP contribution in [-0.4, -0.2) is 26.2 Å². The van der Waals surface area contributed by atoms with Crippen LogP contribution < -0.4 is 14.8 Å². The van der Waals surface area contributed by atoms with Crippen LogP contribution >= 0.6 is 0 Å². The molecule has 3 rings (SSSR count). The van der Waals surface area contributed by atoms with Crippen molar-refractivity contribution in [1.82, 2.24) is 5.32 Å². The number of carbonyl (C=O) groups excluding carboxylic acids is 1. The predicted molar refractivity (Wildman–Crippen MR) is 99.6 cm³/mol. The Morgan fingerprint density at radius 3 is 2.59 bits per heavy atom. The van der Waals surface area contributed by atoms with Crippen molar-refractivity contribution in [2.45, 2.75) is 13.0 Å². The Hall–Kier alpha value is -3.15. The van der Waals surface area contributed by atoms with E-state index in [1.54, 1.807) is 18.2 Å². The van der Waals surface area contributed by atoms with Gasteiger partial charge in [-0.25, -0.2) is 0 Å². The first-order chi connectivity index (χ1) is 13.1. The molecule has 0 aliphatic rings. The molecule has 0 atom stereocenters. The summed E-state index contributed by atoms with van der Waals surface area (Å²) < 4.78 is 34.2. The van der Waals surface area contributed by atoms with Crippen LogP contribution in [0.2, 0.25) is 0 Å². The summed E-state index contributed by atoms with van der Waals surface area (Å²) in [5.41, 5.74) is 1.46. The fraction of sp³-hybridized carbons (Fsp3) is 0.190. The second kappa shape index (κ2) is 8.49. The Bertz CT molecular complexity index is 938. The largest absolute Gasteiger partial charge is 0.493 e. The van der Waals surface area contributed by atoms with Crippen molar-refractivity contribution in [3.05, 3.63) is 71.8 Å². The van der Waals surface area contributed by atoms with Gasteiger partial charge in [-0.3, -0.25) is 4.79 Å². The van der Waals surface area contributed by atoms with Crippen molar-refractivity contribution in [2.24, 2.45) is 0 Å². The summed E-state index contributed by atoms with van der Waals surface area (Å²) in [5, 5.41) is 4.79. The highest BCUT2D eigenvalue weighted by molar-refractivity contribution is 6.06. The summed E-state index contributed by atoms with van der Waals surface area (Å²) in [4.78, 5) is 12.5. The summed E-state index contributed by atoms with van der Waals surface area (Å²) >= 11 is 0. The van der Waals surface area contributed by atoms with Crippen molar-refractivity contribution < 1.29 is 23.0 Å². The lowest BCUT2D eigenvalue weighted by molar-refractivity contribution is -0.0512. The number of rotatable bonds is 7. The molecule has 0 radical (unpaired) electrons. The molecular formula is C21H19F2NO3. The summed E-state index contributed by atoms with van der Waals surface area (Å²) in [6.45, 7) is -2.51. The van der Waals surface area contributed by atoms with Crippen LogP contribution in [0.3, 0.4) is 0 Å². The Labute approximate surface area is 155 Å². The molecule has 140 valence electrons. The molecule has 0 saturated carbocycles. The number of methoxy groups -OCH3 is 1. The summed E-state index contributed by atoms with van der Waals surface area (Å²) in [6.07, 6.45) is 0.530. The maximum absolute atomic E-state index is 12.5. The van der Waals surface area contributed by atoms with E-state index in [2.05, 4.69) is 10.1 Å². The molecule has 0 aliphatic carbocycles. The van der Waals surface area contributed by atoms with Crippen molar-refractivity contribution in [1.29, 1.82) is 0 Å². The van der Waals surface area contributed by atoms with Crippen LogP contribution in [0.25, 0.3) is 10.8 Å². The number of benzene rings is 3. The molecule has 0 spiro atoms. The van der Waals surface area contributed by atoms with E-state index in [1.165, 1.54) is 13.2 Å². The number of halogens is 2. The Balaban J connectivity index is 1.64. The van der Waals surface area contributed by atoms with Gasteiger partial charge in [-0.1, -0.05) is 42.5 Å². The Morgan fingerprint density at radius 1 is 1.04 bits per heavy atom. The number of ether oxygens (including phenoxy) is 2. The molecule has 4 nitrogen and oxygen atoms in total. The smallest absolute Gasteiger partial charge is 0.387 e. The lowest BCUT2D eigenvalue weighted by atomic mass is 10.0. The first kappa shape index (κ1) is 18.6. The minimum Gasteiger partial charge on any atom is -0.493 e. The lowest BCUT2D eigenvalue weighted by Gasteiger charge is -2.12. The number of carbonyl (C=O) groups is 1. The molecule has 0 saturated heterocycles. The molecule has 0 aromatic heterocycles. The molecule has 0 fully saturated rings. The normalized spacial score (nSPS) is 10.8. The van der Waals surface area contributed by atoms with Gasteiger partial charge in [0, 0.05) is 12.1 Å². The monoisotopic (exact) mass is 371 g/mol. The molecule has 0 aliphatic heterocycles. The molecule has 0 unspecified atom stereocenters. The Kier molecular flexibility index (Phi) is 5.86. The van der Waals surface area contributed by atoms with Crippen LogP contribution in [0.15, 0.2) is 60.7 Å². The van der Waals surface area contributed by atoms with E-state index in [0.29, 0.717) is 18.5 Å². The molecule has 6 heteroatoms. The van der Waals surface area contributed by atoms with Crippen LogP contribution in [0.4, 0.5) is 8.78 Å². The summed E-state index contributed by atoms with van der Waals surface area (Å²) in [6, 6.07) is 18.0. The van der Waals surface area contributed by atoms with Gasteiger partial charge in [-0.2, -0.15) is 8.78 Å². The average Bonchev–Trinajstić information content (AvgIpc) is 2.68. The SMILES string of the molecule is COc1cc(CCNC(=O)c2cccc3ccccc23)ccc1OC(F)F. The predicted octanol–water partition coefficient (Wildman–Crippen LogP) is 4.42. The van der Waals surface area contributed by atoms with Gasteiger partial charge >= 0.3 is 6.61 Å². The van der Waals surface area contributed by atoms with Crippen LogP contribution in [0, 0.1) is 0 Å². The number of amides is 1. The average molecular weight is 371 g/mol. The van der Waals surface area contributed by atoms with E-state index in [4.69, 9.17) is 4.74 Å². The number of nitrogens with one attached hydrogen (secondary N) is 1. The second-order valence-electron chi connectivity index (χ2n) is 5.90. The Morgan fingerprint density at radius 2 is 1.81 bits per heavy atom. The first-order valence-corrected chi connectivity index (χ1v) is 8.46. The molecule has 0 bridgehead atoms. The quantitative estimate of drug-likeness (QED) is 0.669. The van der Waals surface area contributed by atoms with Gasteiger partial charge in [0.1, 0.15) is 0 Å². The lowest BCUT2D eigenvalue weighted by Crippen LogP contribution is -2.25. The first-order valence-electron chi connectivity index (χ1n) is 8.46. The van der Waals surface area contributed by atoms with Crippen molar-refractivity contribution in [3.63, 3.8) is 0 Å². The van der Waals surface area contributed by atoms with Gasteiger partial charge < -0.3 is 14.8 Å². The second-order valence-corrected chi connectivity index (χ2v) is 5.90. The molecular weight excluding hydrogens is 352 g/mol. The van der Waals surface area contributed by atoms with Gasteiger partial charge in [0.2, 0.25) is 0 Å². The minimum atomic E-state index is -2.91. The van der Waals surface area contributed by atoms with Gasteiger partial charge in [-0.15, -0.1) is 0 Å². The number of fused-ring (bicyclic) bond motifs is 1. The maximum Gasteiger partial charge on any atom is 0.387 e. The van der Waals surface area contributed by atoms with Crippen LogP contribution in [-0.2, 0) is 6.42 Å². The molecule has 3 aromatic rings. The van der Waals surface area contributed by atoms with E-state index in [9.17, 15) is 13.6 Å². The highest BCUT2D eigenvalue weighted by Gasteiger charge is 2.12. The fourth-order valence-corrected chi connectivity index (χ4v) is 2.90. The molecule has 3 aromatic carbocycles. The van der Waals surface area contributed by atoms with E-state index in [0.717, 1.165) is 16.3 Å². The zero-order valence-corrected chi connectivity index (χ0v) is 14.7. The molecule has 1 N–H and O–H groups in total. The highest BCUT2D eigenvalue weighted by Crippen LogP contribution is 2.29. The van der Waals surface area contributed by atoms with Crippen LogP contribution in [0.5, 0.6) is 11.5 Å². The van der Waals surface area contributed by atoms with Gasteiger partial charge in [-0.05, 0) is 41.0 Å². The van der Waals surface area contributed by atoms with Gasteiger partial charge in [0.25, 0.3) is 5.91 Å². The highest BCUT2D eigenvalue weighted by atomic mass is 19.3.